The maximum atomic E-state index is 12.8. The summed E-state index contributed by atoms with van der Waals surface area (Å²) < 4.78 is 70.4. The van der Waals surface area contributed by atoms with Crippen LogP contribution >= 0.6 is 11.8 Å². The van der Waals surface area contributed by atoms with E-state index in [-0.39, 0.29) is 36.0 Å². The second-order valence-electron chi connectivity index (χ2n) is 6.09. The molecule has 0 bridgehead atoms. The van der Waals surface area contributed by atoms with E-state index in [1.165, 1.54) is 31.4 Å². The number of hydrogen-bond donors (Lipinski definition) is 1. The third kappa shape index (κ3) is 7.73. The van der Waals surface area contributed by atoms with Crippen LogP contribution in [0, 0.1) is 0 Å². The molecule has 1 N–H and O–H groups in total. The molecule has 0 aromatic heterocycles. The first kappa shape index (κ1) is 22.6. The second kappa shape index (κ2) is 10.2. The normalized spacial score (nSPS) is 13.3. The van der Waals surface area contributed by atoms with E-state index < -0.39 is 20.8 Å². The van der Waals surface area contributed by atoms with Crippen molar-refractivity contribution in [2.24, 2.45) is 0 Å². The highest BCUT2D eigenvalue weighted by Gasteiger charge is 2.32. The van der Waals surface area contributed by atoms with Crippen molar-refractivity contribution in [1.29, 1.82) is 0 Å². The highest BCUT2D eigenvalue weighted by atomic mass is 32.2. The molecule has 0 saturated heterocycles. The highest BCUT2D eigenvalue weighted by Crippen LogP contribution is 2.37. The van der Waals surface area contributed by atoms with E-state index in [9.17, 15) is 21.6 Å². The summed E-state index contributed by atoms with van der Waals surface area (Å²) in [5.74, 6) is 0.534. The molecular weight excluding hydrogens is 411 g/mol. The number of hydrogen-bond acceptors (Lipinski definition) is 4. The lowest BCUT2D eigenvalue weighted by Crippen LogP contribution is -2.26. The van der Waals surface area contributed by atoms with Gasteiger partial charge in [-0.05, 0) is 60.9 Å². The van der Waals surface area contributed by atoms with Crippen molar-refractivity contribution >= 4 is 21.8 Å². The number of rotatable bonds is 10. The molecule has 0 fully saturated rings. The topological polar surface area (TPSA) is 55.4 Å². The van der Waals surface area contributed by atoms with Gasteiger partial charge in [-0.2, -0.15) is 13.2 Å². The zero-order chi connectivity index (χ0) is 20.6. The predicted octanol–water partition coefficient (Wildman–Crippen LogP) is 4.62. The maximum absolute atomic E-state index is 12.8. The minimum absolute atomic E-state index is 0.0360. The van der Waals surface area contributed by atoms with Crippen molar-refractivity contribution in [2.75, 3.05) is 13.7 Å². The first-order valence-corrected chi connectivity index (χ1v) is 11.0. The van der Waals surface area contributed by atoms with E-state index in [1.54, 1.807) is 24.3 Å². The van der Waals surface area contributed by atoms with Gasteiger partial charge in [-0.25, -0.2) is 13.1 Å². The van der Waals surface area contributed by atoms with Crippen molar-refractivity contribution < 1.29 is 26.3 Å². The lowest BCUT2D eigenvalue weighted by Gasteiger charge is -2.18. The molecule has 9 heteroatoms. The lowest BCUT2D eigenvalue weighted by atomic mass is 10.1. The van der Waals surface area contributed by atoms with Gasteiger partial charge >= 0.3 is 5.51 Å². The molecule has 0 amide bonds. The summed E-state index contributed by atoms with van der Waals surface area (Å²) in [7, 11) is -2.23. The number of sulfonamides is 1. The van der Waals surface area contributed by atoms with Gasteiger partial charge in [0.2, 0.25) is 10.0 Å². The third-order valence-electron chi connectivity index (χ3n) is 3.97. The zero-order valence-corrected chi connectivity index (χ0v) is 16.9. The summed E-state index contributed by atoms with van der Waals surface area (Å²) in [6.45, 7) is 0.0675. The molecule has 4 nitrogen and oxygen atoms in total. The monoisotopic (exact) mass is 433 g/mol. The van der Waals surface area contributed by atoms with Crippen molar-refractivity contribution in [3.8, 4) is 5.75 Å². The number of thioether (sulfide) groups is 1. The Labute approximate surface area is 167 Å². The third-order valence-corrected chi connectivity index (χ3v) is 6.45. The molecule has 0 saturated carbocycles. The van der Waals surface area contributed by atoms with E-state index in [2.05, 4.69) is 4.72 Å². The van der Waals surface area contributed by atoms with E-state index in [4.69, 9.17) is 4.74 Å². The number of ether oxygens (including phenoxy) is 1. The average Bonchev–Trinajstić information content (AvgIpc) is 2.65. The minimum atomic E-state index is -4.33. The zero-order valence-electron chi connectivity index (χ0n) is 15.3. The molecule has 1 unspecified atom stereocenters. The van der Waals surface area contributed by atoms with E-state index >= 15 is 0 Å². The van der Waals surface area contributed by atoms with E-state index in [0.29, 0.717) is 12.2 Å². The van der Waals surface area contributed by atoms with Crippen LogP contribution < -0.4 is 9.46 Å². The Morgan fingerprint density at radius 3 is 2.29 bits per heavy atom. The fraction of sp³-hybridized carbons (Fsp3) is 0.368. The Balaban J connectivity index is 1.89. The summed E-state index contributed by atoms with van der Waals surface area (Å²) >= 11 is -0.0360. The van der Waals surface area contributed by atoms with Gasteiger partial charge in [0.1, 0.15) is 5.75 Å². The van der Waals surface area contributed by atoms with Crippen molar-refractivity contribution in [1.82, 2.24) is 4.72 Å². The van der Waals surface area contributed by atoms with Crippen LogP contribution in [-0.4, -0.2) is 32.8 Å². The summed E-state index contributed by atoms with van der Waals surface area (Å²) in [5.41, 5.74) is -3.51. The second-order valence-corrected chi connectivity index (χ2v) is 9.22. The minimum Gasteiger partial charge on any atom is -0.497 e. The van der Waals surface area contributed by atoms with Crippen molar-refractivity contribution in [3.63, 3.8) is 0 Å². The molecule has 2 aromatic carbocycles. The molecule has 0 aliphatic carbocycles. The van der Waals surface area contributed by atoms with Gasteiger partial charge in [0.05, 0.1) is 12.0 Å². The lowest BCUT2D eigenvalue weighted by molar-refractivity contribution is -0.0334. The Morgan fingerprint density at radius 2 is 1.71 bits per heavy atom. The van der Waals surface area contributed by atoms with Gasteiger partial charge in [0, 0.05) is 11.8 Å². The van der Waals surface area contributed by atoms with Crippen LogP contribution in [0.4, 0.5) is 13.2 Å². The first-order valence-electron chi connectivity index (χ1n) is 8.62. The van der Waals surface area contributed by atoms with Gasteiger partial charge in [-0.3, -0.25) is 0 Å². The summed E-state index contributed by atoms with van der Waals surface area (Å²) in [4.78, 5) is 0.0822. The molecule has 2 rings (SSSR count). The van der Waals surface area contributed by atoms with Crippen LogP contribution in [0.5, 0.6) is 5.75 Å². The number of nitrogens with one attached hydrogen (secondary N) is 1. The smallest absolute Gasteiger partial charge is 0.442 e. The van der Waals surface area contributed by atoms with Gasteiger partial charge < -0.3 is 4.74 Å². The molecule has 0 aliphatic heterocycles. The number of benzene rings is 2. The summed E-state index contributed by atoms with van der Waals surface area (Å²) in [6.07, 6.45) is 0.816. The number of halogens is 3. The molecule has 2 aromatic rings. The Kier molecular flexibility index (Phi) is 8.21. The molecule has 0 spiro atoms. The highest BCUT2D eigenvalue weighted by molar-refractivity contribution is 8.00. The van der Waals surface area contributed by atoms with E-state index in [1.807, 2.05) is 6.07 Å². The number of methoxy groups -OCH3 is 1. The van der Waals surface area contributed by atoms with Crippen LogP contribution in [0.1, 0.15) is 18.4 Å². The maximum Gasteiger partial charge on any atom is 0.442 e. The quantitative estimate of drug-likeness (QED) is 0.556. The molecular formula is C19H22F3NO3S2. The Hall–Kier alpha value is -1.71. The standard InChI is InChI=1S/C19H22F3NO3S2/c1-26-16-9-11-18(12-10-16)28(24,25)23-13-5-8-17(27-19(20,21)22)14-15-6-3-2-4-7-15/h2-4,6-7,9-12,17,23H,5,8,13-14H2,1H3. The van der Waals surface area contributed by atoms with Gasteiger partial charge in [0.25, 0.3) is 0 Å². The summed E-state index contributed by atoms with van der Waals surface area (Å²) in [5, 5.41) is -0.673. The molecule has 0 heterocycles. The van der Waals surface area contributed by atoms with E-state index in [0.717, 1.165) is 5.56 Å². The van der Waals surface area contributed by atoms with Crippen molar-refractivity contribution in [2.45, 2.75) is 34.9 Å². The number of alkyl halides is 3. The molecule has 1 atom stereocenters. The Bertz CT molecular complexity index is 826. The summed E-state index contributed by atoms with van der Waals surface area (Å²) in [6, 6.07) is 14.9. The van der Waals surface area contributed by atoms with Gasteiger partial charge in [-0.15, -0.1) is 0 Å². The Morgan fingerprint density at radius 1 is 1.07 bits per heavy atom. The van der Waals surface area contributed by atoms with Gasteiger partial charge in [-0.1, -0.05) is 30.3 Å². The fourth-order valence-corrected chi connectivity index (χ4v) is 4.66. The van der Waals surface area contributed by atoms with Crippen molar-refractivity contribution in [3.05, 3.63) is 60.2 Å². The SMILES string of the molecule is COc1ccc(S(=O)(=O)NCCCC(Cc2ccccc2)SC(F)(F)F)cc1. The largest absolute Gasteiger partial charge is 0.497 e. The average molecular weight is 434 g/mol. The molecule has 0 aliphatic rings. The van der Waals surface area contributed by atoms with Crippen LogP contribution in [0.2, 0.25) is 0 Å². The van der Waals surface area contributed by atoms with Crippen LogP contribution in [0.25, 0.3) is 0 Å². The van der Waals surface area contributed by atoms with Crippen LogP contribution in [-0.2, 0) is 16.4 Å². The molecule has 28 heavy (non-hydrogen) atoms. The van der Waals surface area contributed by atoms with Crippen LogP contribution in [0.3, 0.4) is 0 Å². The molecule has 0 radical (unpaired) electrons. The molecule has 154 valence electrons. The van der Waals surface area contributed by atoms with Crippen LogP contribution in [0.15, 0.2) is 59.5 Å². The first-order chi connectivity index (χ1) is 13.2. The predicted molar refractivity (Wildman–Crippen MR) is 105 cm³/mol. The van der Waals surface area contributed by atoms with Gasteiger partial charge in [0.15, 0.2) is 0 Å². The fourth-order valence-electron chi connectivity index (χ4n) is 2.64.